The predicted molar refractivity (Wildman–Crippen MR) is 139 cm³/mol. The number of pyridine rings is 1. The van der Waals surface area contributed by atoms with Crippen LogP contribution in [-0.4, -0.2) is 93.2 Å². The van der Waals surface area contributed by atoms with Crippen LogP contribution in [0.3, 0.4) is 0 Å². The first-order valence-electron chi connectivity index (χ1n) is 12.3. The molecule has 2 fully saturated rings. The number of anilines is 2. The number of fused-ring (bicyclic) bond motifs is 1. The van der Waals surface area contributed by atoms with Gasteiger partial charge in [0.25, 0.3) is 5.91 Å². The van der Waals surface area contributed by atoms with E-state index in [9.17, 15) is 4.79 Å². The average Bonchev–Trinajstić information content (AvgIpc) is 2.90. The van der Waals surface area contributed by atoms with E-state index in [2.05, 4.69) is 62.3 Å². The Kier molecular flexibility index (Phi) is 6.92. The number of hydrogen-bond acceptors (Lipinski definition) is 6. The molecule has 2 aromatic carbocycles. The number of benzene rings is 2. The average molecular weight is 459 g/mol. The summed E-state index contributed by atoms with van der Waals surface area (Å²) in [6.45, 7) is 9.59. The number of nitrogens with one attached hydrogen (secondary N) is 1. The molecule has 0 spiro atoms. The highest BCUT2D eigenvalue weighted by Crippen LogP contribution is 2.27. The summed E-state index contributed by atoms with van der Waals surface area (Å²) in [6.07, 6.45) is 1.87. The lowest BCUT2D eigenvalue weighted by Gasteiger charge is -2.37. The van der Waals surface area contributed by atoms with Crippen molar-refractivity contribution in [2.75, 3.05) is 82.3 Å². The van der Waals surface area contributed by atoms with Gasteiger partial charge in [0.1, 0.15) is 5.82 Å². The topological polar surface area (TPSA) is 55.0 Å². The molecule has 3 heterocycles. The maximum Gasteiger partial charge on any atom is 0.251 e. The Morgan fingerprint density at radius 3 is 2.38 bits per heavy atom. The number of hydrogen-bond donors (Lipinski definition) is 1. The second kappa shape index (κ2) is 10.4. The van der Waals surface area contributed by atoms with Gasteiger partial charge in [-0.3, -0.25) is 9.69 Å². The van der Waals surface area contributed by atoms with Gasteiger partial charge in [0, 0.05) is 88.3 Å². The van der Waals surface area contributed by atoms with Crippen molar-refractivity contribution in [3.63, 3.8) is 0 Å². The van der Waals surface area contributed by atoms with E-state index in [4.69, 9.17) is 4.98 Å². The third kappa shape index (κ3) is 5.16. The minimum Gasteiger partial charge on any atom is -0.368 e. The quantitative estimate of drug-likeness (QED) is 0.613. The standard InChI is InChI=1S/C27H34N6O/c1-30-13-15-31(16-14-30)12-11-29-27(34)23-8-7-22-9-10-28-26(25(22)21-23)33-19-17-32(18-20-33)24-5-3-2-4-6-24/h2-10,21H,11-20H2,1H3,(H,29,34). The van der Waals surface area contributed by atoms with Crippen LogP contribution in [0, 0.1) is 0 Å². The maximum absolute atomic E-state index is 12.9. The van der Waals surface area contributed by atoms with Crippen molar-refractivity contribution in [2.24, 2.45) is 0 Å². The van der Waals surface area contributed by atoms with Gasteiger partial charge in [-0.15, -0.1) is 0 Å². The molecule has 2 aliphatic rings. The minimum atomic E-state index is -0.0141. The first kappa shape index (κ1) is 22.6. The lowest BCUT2D eigenvalue weighted by molar-refractivity contribution is 0.0941. The Morgan fingerprint density at radius 1 is 0.882 bits per heavy atom. The summed E-state index contributed by atoms with van der Waals surface area (Å²) in [5.74, 6) is 0.956. The van der Waals surface area contributed by atoms with Crippen molar-refractivity contribution in [2.45, 2.75) is 0 Å². The summed E-state index contributed by atoms with van der Waals surface area (Å²) in [5.41, 5.74) is 1.96. The fraction of sp³-hybridized carbons (Fsp3) is 0.407. The van der Waals surface area contributed by atoms with Crippen molar-refractivity contribution in [3.05, 3.63) is 66.4 Å². The van der Waals surface area contributed by atoms with E-state index < -0.39 is 0 Å². The molecule has 34 heavy (non-hydrogen) atoms. The van der Waals surface area contributed by atoms with Crippen LogP contribution in [0.25, 0.3) is 10.8 Å². The van der Waals surface area contributed by atoms with E-state index in [0.717, 1.165) is 75.5 Å². The minimum absolute atomic E-state index is 0.0141. The molecule has 178 valence electrons. The van der Waals surface area contributed by atoms with Crippen molar-refractivity contribution in [3.8, 4) is 0 Å². The molecule has 0 radical (unpaired) electrons. The molecular weight excluding hydrogens is 424 g/mol. The first-order chi connectivity index (χ1) is 16.7. The molecule has 0 atom stereocenters. The number of rotatable bonds is 6. The molecule has 0 aliphatic carbocycles. The van der Waals surface area contributed by atoms with Crippen LogP contribution >= 0.6 is 0 Å². The van der Waals surface area contributed by atoms with Gasteiger partial charge in [0.05, 0.1) is 0 Å². The van der Waals surface area contributed by atoms with Gasteiger partial charge in [-0.1, -0.05) is 24.3 Å². The van der Waals surface area contributed by atoms with Gasteiger partial charge >= 0.3 is 0 Å². The van der Waals surface area contributed by atoms with E-state index in [1.807, 2.05) is 30.5 Å². The number of carbonyl (C=O) groups is 1. The highest BCUT2D eigenvalue weighted by atomic mass is 16.1. The third-order valence-electron chi connectivity index (χ3n) is 7.02. The number of amides is 1. The molecule has 1 aromatic heterocycles. The smallest absolute Gasteiger partial charge is 0.251 e. The zero-order valence-electron chi connectivity index (χ0n) is 20.0. The molecule has 0 unspecified atom stereocenters. The summed E-state index contributed by atoms with van der Waals surface area (Å²) >= 11 is 0. The van der Waals surface area contributed by atoms with Crippen molar-refractivity contribution < 1.29 is 4.79 Å². The highest BCUT2D eigenvalue weighted by Gasteiger charge is 2.20. The monoisotopic (exact) mass is 458 g/mol. The maximum atomic E-state index is 12.9. The van der Waals surface area contributed by atoms with Crippen molar-refractivity contribution in [1.82, 2.24) is 20.1 Å². The van der Waals surface area contributed by atoms with E-state index in [-0.39, 0.29) is 5.91 Å². The third-order valence-corrected chi connectivity index (χ3v) is 7.02. The van der Waals surface area contributed by atoms with Crippen LogP contribution in [0.1, 0.15) is 10.4 Å². The zero-order chi connectivity index (χ0) is 23.3. The number of carbonyl (C=O) groups excluding carboxylic acids is 1. The molecule has 2 aliphatic heterocycles. The molecule has 3 aromatic rings. The Balaban J connectivity index is 1.24. The Morgan fingerprint density at radius 2 is 1.62 bits per heavy atom. The van der Waals surface area contributed by atoms with E-state index >= 15 is 0 Å². The molecule has 7 heteroatoms. The molecule has 1 N–H and O–H groups in total. The summed E-state index contributed by atoms with van der Waals surface area (Å²) < 4.78 is 0. The van der Waals surface area contributed by atoms with E-state index in [1.54, 1.807) is 0 Å². The van der Waals surface area contributed by atoms with Crippen LogP contribution in [-0.2, 0) is 0 Å². The Labute approximate surface area is 202 Å². The molecular formula is C27H34N6O. The fourth-order valence-corrected chi connectivity index (χ4v) is 4.86. The lowest BCUT2D eigenvalue weighted by Crippen LogP contribution is -2.47. The largest absolute Gasteiger partial charge is 0.368 e. The van der Waals surface area contributed by atoms with Gasteiger partial charge in [-0.05, 0) is 42.8 Å². The number of nitrogens with zero attached hydrogens (tertiary/aromatic N) is 5. The molecule has 0 saturated carbocycles. The Hall–Kier alpha value is -3.16. The van der Waals surface area contributed by atoms with Crippen LogP contribution in [0.15, 0.2) is 60.8 Å². The van der Waals surface area contributed by atoms with E-state index in [0.29, 0.717) is 12.1 Å². The second-order valence-electron chi connectivity index (χ2n) is 9.28. The number of piperazine rings is 2. The van der Waals surface area contributed by atoms with Crippen molar-refractivity contribution in [1.29, 1.82) is 0 Å². The molecule has 5 rings (SSSR count). The van der Waals surface area contributed by atoms with Crippen LogP contribution in [0.5, 0.6) is 0 Å². The van der Waals surface area contributed by atoms with Crippen LogP contribution < -0.4 is 15.1 Å². The molecule has 0 bridgehead atoms. The SMILES string of the molecule is CN1CCN(CCNC(=O)c2ccc3ccnc(N4CCN(c5ccccc5)CC4)c3c2)CC1. The van der Waals surface area contributed by atoms with Gasteiger partial charge < -0.3 is 20.0 Å². The lowest BCUT2D eigenvalue weighted by atomic mass is 10.1. The summed E-state index contributed by atoms with van der Waals surface area (Å²) in [4.78, 5) is 27.1. The van der Waals surface area contributed by atoms with Gasteiger partial charge in [-0.25, -0.2) is 4.98 Å². The second-order valence-corrected chi connectivity index (χ2v) is 9.28. The zero-order valence-corrected chi connectivity index (χ0v) is 20.0. The van der Waals surface area contributed by atoms with Gasteiger partial charge in [0.15, 0.2) is 0 Å². The summed E-state index contributed by atoms with van der Waals surface area (Å²) in [5, 5.41) is 5.27. The fourth-order valence-electron chi connectivity index (χ4n) is 4.86. The van der Waals surface area contributed by atoms with E-state index in [1.165, 1.54) is 5.69 Å². The first-order valence-corrected chi connectivity index (χ1v) is 12.3. The van der Waals surface area contributed by atoms with Crippen LogP contribution in [0.2, 0.25) is 0 Å². The number of likely N-dealkylation sites (N-methyl/N-ethyl adjacent to an activating group) is 1. The molecule has 2 saturated heterocycles. The van der Waals surface area contributed by atoms with Gasteiger partial charge in [-0.2, -0.15) is 0 Å². The Bertz CT molecular complexity index is 1100. The molecule has 7 nitrogen and oxygen atoms in total. The summed E-state index contributed by atoms with van der Waals surface area (Å²) in [7, 11) is 2.16. The molecule has 1 amide bonds. The normalized spacial score (nSPS) is 17.8. The highest BCUT2D eigenvalue weighted by molar-refractivity contribution is 6.01. The number of para-hydroxylation sites is 1. The number of aromatic nitrogens is 1. The summed E-state index contributed by atoms with van der Waals surface area (Å²) in [6, 6.07) is 18.6. The van der Waals surface area contributed by atoms with Crippen molar-refractivity contribution >= 4 is 28.2 Å². The van der Waals surface area contributed by atoms with Gasteiger partial charge in [0.2, 0.25) is 0 Å². The predicted octanol–water partition coefficient (Wildman–Crippen LogP) is 2.54. The van der Waals surface area contributed by atoms with Crippen LogP contribution in [0.4, 0.5) is 11.5 Å².